The lowest BCUT2D eigenvalue weighted by Crippen LogP contribution is -2.17. The van der Waals surface area contributed by atoms with E-state index >= 15 is 0 Å². The zero-order valence-electron chi connectivity index (χ0n) is 27.7. The molecule has 0 N–H and O–H groups in total. The summed E-state index contributed by atoms with van der Waals surface area (Å²) in [5.74, 6) is 1.21. The van der Waals surface area contributed by atoms with Crippen LogP contribution in [0.2, 0.25) is 0 Å². The summed E-state index contributed by atoms with van der Waals surface area (Å²) in [5.41, 5.74) is 13.4. The van der Waals surface area contributed by atoms with Crippen molar-refractivity contribution in [2.45, 2.75) is 40.9 Å². The number of benzene rings is 4. The predicted octanol–water partition coefficient (Wildman–Crippen LogP) is 11.4. The van der Waals surface area contributed by atoms with Crippen LogP contribution < -0.4 is 4.74 Å². The summed E-state index contributed by atoms with van der Waals surface area (Å²) in [4.78, 5) is 12.4. The number of aromatic nitrogens is 2. The van der Waals surface area contributed by atoms with Crippen LogP contribution in [0.15, 0.2) is 151 Å². The number of aryl methyl sites for hydroxylation is 1. The van der Waals surface area contributed by atoms with Crippen LogP contribution in [0.3, 0.4) is 0 Å². The van der Waals surface area contributed by atoms with E-state index in [0.717, 1.165) is 35.5 Å². The van der Waals surface area contributed by atoms with Crippen LogP contribution in [0.5, 0.6) is 5.75 Å². The van der Waals surface area contributed by atoms with Crippen molar-refractivity contribution in [2.24, 2.45) is 0 Å². The minimum atomic E-state index is -0.104. The third-order valence-corrected chi connectivity index (χ3v) is 13.7. The molecule has 0 amide bonds. The quantitative estimate of drug-likeness (QED) is 0.184. The lowest BCUT2D eigenvalue weighted by Gasteiger charge is -2.23. The number of ether oxygens (including phenoxy) is 1. The normalized spacial score (nSPS) is 22.2. The van der Waals surface area contributed by atoms with Gasteiger partial charge >= 0.3 is 0 Å². The molecule has 2 aliphatic heterocycles. The number of hydrogen-bond donors (Lipinski definition) is 0. The molecular formula is C46H32N2OS2. The molecule has 4 unspecified atom stereocenters. The molecule has 0 bridgehead atoms. The second kappa shape index (κ2) is 11.7. The first-order valence-corrected chi connectivity index (χ1v) is 19.4. The smallest absolute Gasteiger partial charge is 0.168 e. The van der Waals surface area contributed by atoms with E-state index in [4.69, 9.17) is 14.7 Å². The van der Waals surface area contributed by atoms with Gasteiger partial charge in [0.05, 0.1) is 11.6 Å². The summed E-state index contributed by atoms with van der Waals surface area (Å²) in [6.45, 7) is 0. The zero-order chi connectivity index (χ0) is 33.5. The molecule has 0 spiro atoms. The Morgan fingerprint density at radius 2 is 1.61 bits per heavy atom. The molecule has 3 nitrogen and oxygen atoms in total. The van der Waals surface area contributed by atoms with Crippen LogP contribution in [-0.4, -0.2) is 21.3 Å². The van der Waals surface area contributed by atoms with Gasteiger partial charge in [-0.05, 0) is 93.1 Å². The van der Waals surface area contributed by atoms with Crippen LogP contribution >= 0.6 is 23.1 Å². The molecule has 2 aromatic heterocycles. The van der Waals surface area contributed by atoms with Crippen molar-refractivity contribution in [3.63, 3.8) is 0 Å². The molecule has 0 saturated carbocycles. The van der Waals surface area contributed by atoms with Gasteiger partial charge < -0.3 is 4.74 Å². The van der Waals surface area contributed by atoms with Gasteiger partial charge in [-0.1, -0.05) is 109 Å². The zero-order valence-corrected chi connectivity index (χ0v) is 29.3. The van der Waals surface area contributed by atoms with Gasteiger partial charge in [-0.3, -0.25) is 0 Å². The lowest BCUT2D eigenvalue weighted by molar-refractivity contribution is 0.269. The van der Waals surface area contributed by atoms with Gasteiger partial charge in [0.2, 0.25) is 0 Å². The maximum Gasteiger partial charge on any atom is 0.168 e. The lowest BCUT2D eigenvalue weighted by atomic mass is 9.85. The summed E-state index contributed by atoms with van der Waals surface area (Å²) < 4.78 is 8.04. The van der Waals surface area contributed by atoms with Gasteiger partial charge in [-0.15, -0.1) is 23.1 Å². The van der Waals surface area contributed by atoms with Gasteiger partial charge in [-0.25, -0.2) is 9.97 Å². The summed E-state index contributed by atoms with van der Waals surface area (Å²) in [7, 11) is 0. The van der Waals surface area contributed by atoms with Gasteiger partial charge in [0.15, 0.2) is 5.75 Å². The molecule has 5 aliphatic rings. The molecule has 6 aromatic rings. The SMILES string of the molecule is C1=CC2c3ccccc3SC2C(c2cccc(-c3ncnc4c3OC3C=CC(c5cccc(C6=CCCc7c6sc6ccccc76)c5)=CC43)c2)=C1. The van der Waals surface area contributed by atoms with Gasteiger partial charge in [0.25, 0.3) is 0 Å². The van der Waals surface area contributed by atoms with Gasteiger partial charge in [0, 0.05) is 31.2 Å². The molecule has 3 aliphatic carbocycles. The molecular weight excluding hydrogens is 661 g/mol. The van der Waals surface area contributed by atoms with E-state index in [2.05, 4.69) is 140 Å². The van der Waals surface area contributed by atoms with E-state index in [0.29, 0.717) is 11.2 Å². The molecule has 4 heterocycles. The largest absolute Gasteiger partial charge is 0.481 e. The fraction of sp³-hybridized carbons (Fsp3) is 0.130. The van der Waals surface area contributed by atoms with Crippen molar-refractivity contribution in [2.75, 3.05) is 0 Å². The third kappa shape index (κ3) is 4.72. The van der Waals surface area contributed by atoms with Crippen LogP contribution in [-0.2, 0) is 6.42 Å². The van der Waals surface area contributed by atoms with Crippen molar-refractivity contribution in [1.29, 1.82) is 0 Å². The summed E-state index contributed by atoms with van der Waals surface area (Å²) in [6.07, 6.45) is 19.8. The fourth-order valence-electron chi connectivity index (χ4n) is 8.60. The van der Waals surface area contributed by atoms with Crippen LogP contribution in [0.1, 0.15) is 56.6 Å². The molecule has 0 radical (unpaired) electrons. The summed E-state index contributed by atoms with van der Waals surface area (Å²) in [5, 5.41) is 1.78. The molecule has 5 heteroatoms. The molecule has 0 fully saturated rings. The van der Waals surface area contributed by atoms with Crippen molar-refractivity contribution in [1.82, 2.24) is 9.97 Å². The molecule has 244 valence electrons. The first kappa shape index (κ1) is 29.5. The Kier molecular flexibility index (Phi) is 6.74. The number of hydrogen-bond acceptors (Lipinski definition) is 5. The first-order valence-electron chi connectivity index (χ1n) is 17.7. The fourth-order valence-corrected chi connectivity index (χ4v) is 11.4. The second-order valence-electron chi connectivity index (χ2n) is 13.9. The van der Waals surface area contributed by atoms with E-state index in [1.165, 1.54) is 64.4 Å². The van der Waals surface area contributed by atoms with Gasteiger partial charge in [0.1, 0.15) is 18.1 Å². The topological polar surface area (TPSA) is 35.0 Å². The molecule has 51 heavy (non-hydrogen) atoms. The highest BCUT2D eigenvalue weighted by Gasteiger charge is 2.38. The highest BCUT2D eigenvalue weighted by Crippen LogP contribution is 2.53. The standard InChI is InChI=1S/C46H32N2OS2/c1-3-19-40-34(13-1)36-17-7-15-32(45(36)50-40)29-10-5-9-27(23-29)28-21-22-39-38(25-28)43-44(49-39)42(47-26-48-43)31-12-6-11-30(24-31)33-16-8-18-37-35-14-2-4-20-41(35)51-46(33)37/h1-6,8-16,18-26,37-39,46H,7,17H2. The van der Waals surface area contributed by atoms with Gasteiger partial charge in [-0.2, -0.15) is 0 Å². The van der Waals surface area contributed by atoms with Crippen LogP contribution in [0, 0.1) is 0 Å². The average molecular weight is 693 g/mol. The van der Waals surface area contributed by atoms with E-state index < -0.39 is 0 Å². The molecule has 11 rings (SSSR count). The number of thiophene rings is 1. The van der Waals surface area contributed by atoms with E-state index in [9.17, 15) is 0 Å². The minimum absolute atomic E-state index is 0.0250. The number of thioether (sulfide) groups is 1. The Bertz CT molecular complexity index is 2590. The maximum absolute atomic E-state index is 6.67. The average Bonchev–Trinajstić information content (AvgIpc) is 3.89. The number of rotatable bonds is 4. The molecule has 0 saturated heterocycles. The summed E-state index contributed by atoms with van der Waals surface area (Å²) in [6, 6.07) is 35.5. The molecule has 4 atom stereocenters. The highest BCUT2D eigenvalue weighted by molar-refractivity contribution is 8.00. The monoisotopic (exact) mass is 692 g/mol. The Morgan fingerprint density at radius 3 is 2.59 bits per heavy atom. The Balaban J connectivity index is 0.909. The van der Waals surface area contributed by atoms with E-state index in [1.807, 2.05) is 23.1 Å². The van der Waals surface area contributed by atoms with Crippen LogP contribution in [0.4, 0.5) is 0 Å². The predicted molar refractivity (Wildman–Crippen MR) is 211 cm³/mol. The van der Waals surface area contributed by atoms with Crippen molar-refractivity contribution < 1.29 is 4.74 Å². The van der Waals surface area contributed by atoms with Crippen molar-refractivity contribution in [3.8, 4) is 17.0 Å². The minimum Gasteiger partial charge on any atom is -0.481 e. The van der Waals surface area contributed by atoms with Crippen molar-refractivity contribution >= 4 is 49.9 Å². The van der Waals surface area contributed by atoms with Crippen molar-refractivity contribution in [3.05, 3.63) is 184 Å². The van der Waals surface area contributed by atoms with E-state index in [-0.39, 0.29) is 12.0 Å². The number of fused-ring (bicyclic) bond motifs is 9. The third-order valence-electron chi connectivity index (χ3n) is 11.0. The maximum atomic E-state index is 6.67. The Labute approximate surface area is 305 Å². The highest BCUT2D eigenvalue weighted by atomic mass is 32.2. The Hall–Kier alpha value is -5.23. The molecule has 4 aromatic carbocycles. The second-order valence-corrected chi connectivity index (χ2v) is 16.1. The summed E-state index contributed by atoms with van der Waals surface area (Å²) >= 11 is 3.90. The first-order chi connectivity index (χ1) is 25.3. The van der Waals surface area contributed by atoms with Crippen LogP contribution in [0.25, 0.3) is 38.1 Å². The Morgan fingerprint density at radius 1 is 0.765 bits per heavy atom. The number of nitrogens with zero attached hydrogens (tertiary/aromatic N) is 2. The van der Waals surface area contributed by atoms with E-state index in [1.54, 1.807) is 6.33 Å². The number of allylic oxidation sites excluding steroid dienone is 6.